The SMILES string of the molecule is CC1(C)COB([C@H]2C[C@@H]2c2ccccc2)OC1. The van der Waals surface area contributed by atoms with Gasteiger partial charge in [-0.25, -0.2) is 0 Å². The average molecular weight is 230 g/mol. The summed E-state index contributed by atoms with van der Waals surface area (Å²) in [4.78, 5) is 0. The van der Waals surface area contributed by atoms with E-state index in [1.54, 1.807) is 0 Å². The van der Waals surface area contributed by atoms with Gasteiger partial charge < -0.3 is 9.31 Å². The number of benzene rings is 1. The Balaban J connectivity index is 1.59. The number of hydrogen-bond donors (Lipinski definition) is 0. The van der Waals surface area contributed by atoms with Crippen LogP contribution >= 0.6 is 0 Å². The van der Waals surface area contributed by atoms with Crippen LogP contribution in [0.5, 0.6) is 0 Å². The van der Waals surface area contributed by atoms with Gasteiger partial charge in [-0.05, 0) is 17.9 Å². The fraction of sp³-hybridized carbons (Fsp3) is 0.571. The van der Waals surface area contributed by atoms with Crippen LogP contribution in [-0.4, -0.2) is 20.3 Å². The van der Waals surface area contributed by atoms with Crippen molar-refractivity contribution < 1.29 is 9.31 Å². The molecule has 1 saturated carbocycles. The molecule has 17 heavy (non-hydrogen) atoms. The third-order valence-corrected chi connectivity index (χ3v) is 3.69. The second-order valence-corrected chi connectivity index (χ2v) is 6.07. The zero-order valence-electron chi connectivity index (χ0n) is 10.6. The maximum absolute atomic E-state index is 5.85. The molecule has 0 aromatic heterocycles. The molecular weight excluding hydrogens is 211 g/mol. The van der Waals surface area contributed by atoms with Crippen LogP contribution in [0.2, 0.25) is 5.82 Å². The summed E-state index contributed by atoms with van der Waals surface area (Å²) in [6.07, 6.45) is 1.20. The third kappa shape index (κ3) is 2.40. The number of rotatable bonds is 2. The highest BCUT2D eigenvalue weighted by molar-refractivity contribution is 6.48. The van der Waals surface area contributed by atoms with Gasteiger partial charge in [0.2, 0.25) is 0 Å². The van der Waals surface area contributed by atoms with E-state index in [4.69, 9.17) is 9.31 Å². The average Bonchev–Trinajstić information content (AvgIpc) is 3.10. The third-order valence-electron chi connectivity index (χ3n) is 3.69. The molecule has 3 heteroatoms. The minimum absolute atomic E-state index is 0.0215. The Morgan fingerprint density at radius 3 is 2.41 bits per heavy atom. The Hall–Kier alpha value is -0.795. The van der Waals surface area contributed by atoms with Crippen molar-refractivity contribution in [3.63, 3.8) is 0 Å². The summed E-state index contributed by atoms with van der Waals surface area (Å²) < 4.78 is 11.7. The molecule has 2 atom stereocenters. The van der Waals surface area contributed by atoms with Gasteiger partial charge >= 0.3 is 7.12 Å². The summed E-state index contributed by atoms with van der Waals surface area (Å²) in [5, 5.41) is 0. The predicted octanol–water partition coefficient (Wildman–Crippen LogP) is 3.11. The fourth-order valence-corrected chi connectivity index (χ4v) is 2.55. The van der Waals surface area contributed by atoms with Crippen LogP contribution in [0, 0.1) is 5.41 Å². The van der Waals surface area contributed by atoms with E-state index in [9.17, 15) is 0 Å². The van der Waals surface area contributed by atoms with Gasteiger partial charge in [-0.2, -0.15) is 0 Å². The molecule has 0 spiro atoms. The summed E-state index contributed by atoms with van der Waals surface area (Å²) in [6.45, 7) is 6.00. The summed E-state index contributed by atoms with van der Waals surface area (Å²) in [7, 11) is 0.0215. The van der Waals surface area contributed by atoms with Crippen molar-refractivity contribution >= 4 is 7.12 Å². The molecule has 1 aliphatic heterocycles. The minimum Gasteiger partial charge on any atom is -0.410 e. The zero-order valence-corrected chi connectivity index (χ0v) is 10.6. The van der Waals surface area contributed by atoms with E-state index in [-0.39, 0.29) is 12.5 Å². The molecule has 2 fully saturated rings. The predicted molar refractivity (Wildman–Crippen MR) is 69.0 cm³/mol. The second-order valence-electron chi connectivity index (χ2n) is 6.07. The van der Waals surface area contributed by atoms with Crippen molar-refractivity contribution in [2.45, 2.75) is 32.0 Å². The van der Waals surface area contributed by atoms with E-state index in [1.165, 1.54) is 12.0 Å². The first-order valence-corrected chi connectivity index (χ1v) is 6.44. The molecule has 3 rings (SSSR count). The van der Waals surface area contributed by atoms with Gasteiger partial charge in [-0.15, -0.1) is 0 Å². The minimum atomic E-state index is 0.0215. The molecule has 0 amide bonds. The van der Waals surface area contributed by atoms with Crippen molar-refractivity contribution in [3.05, 3.63) is 35.9 Å². The first kappa shape index (κ1) is 11.3. The standard InChI is InChI=1S/C14H19BO2/c1-14(2)9-16-15(17-10-14)13-8-12(13)11-6-4-3-5-7-11/h3-7,12-13H,8-10H2,1-2H3/t12-,13+/m1/s1. The van der Waals surface area contributed by atoms with Gasteiger partial charge in [0.1, 0.15) is 0 Å². The monoisotopic (exact) mass is 230 g/mol. The summed E-state index contributed by atoms with van der Waals surface area (Å²) in [5.41, 5.74) is 1.60. The topological polar surface area (TPSA) is 18.5 Å². The summed E-state index contributed by atoms with van der Waals surface area (Å²) in [6, 6.07) is 10.7. The van der Waals surface area contributed by atoms with Crippen molar-refractivity contribution in [1.82, 2.24) is 0 Å². The van der Waals surface area contributed by atoms with Gasteiger partial charge in [-0.1, -0.05) is 44.2 Å². The molecule has 1 saturated heterocycles. The normalized spacial score (nSPS) is 31.3. The lowest BCUT2D eigenvalue weighted by Gasteiger charge is -2.33. The highest BCUT2D eigenvalue weighted by atomic mass is 16.6. The molecule has 1 aromatic rings. The van der Waals surface area contributed by atoms with Crippen LogP contribution in [0.3, 0.4) is 0 Å². The lowest BCUT2D eigenvalue weighted by molar-refractivity contribution is 0.0272. The van der Waals surface area contributed by atoms with Crippen molar-refractivity contribution in [1.29, 1.82) is 0 Å². The largest absolute Gasteiger partial charge is 0.460 e. The van der Waals surface area contributed by atoms with E-state index in [0.717, 1.165) is 13.2 Å². The van der Waals surface area contributed by atoms with Gasteiger partial charge in [-0.3, -0.25) is 0 Å². The Labute approximate surface area is 103 Å². The van der Waals surface area contributed by atoms with Gasteiger partial charge in [0.05, 0.1) is 0 Å². The maximum Gasteiger partial charge on any atom is 0.460 e. The zero-order chi connectivity index (χ0) is 11.9. The van der Waals surface area contributed by atoms with Crippen molar-refractivity contribution in [2.75, 3.05) is 13.2 Å². The van der Waals surface area contributed by atoms with Gasteiger partial charge in [0, 0.05) is 24.4 Å². The van der Waals surface area contributed by atoms with E-state index >= 15 is 0 Å². The molecule has 0 bridgehead atoms. The highest BCUT2D eigenvalue weighted by Gasteiger charge is 2.51. The van der Waals surface area contributed by atoms with Crippen LogP contribution in [0.1, 0.15) is 31.7 Å². The lowest BCUT2D eigenvalue weighted by Crippen LogP contribution is -2.41. The summed E-state index contributed by atoms with van der Waals surface area (Å²) in [5.74, 6) is 1.20. The van der Waals surface area contributed by atoms with E-state index < -0.39 is 0 Å². The smallest absolute Gasteiger partial charge is 0.410 e. The Morgan fingerprint density at radius 1 is 1.12 bits per heavy atom. The van der Waals surface area contributed by atoms with Crippen LogP contribution in [-0.2, 0) is 9.31 Å². The highest BCUT2D eigenvalue weighted by Crippen LogP contribution is 2.55. The first-order chi connectivity index (χ1) is 8.16. The molecule has 90 valence electrons. The lowest BCUT2D eigenvalue weighted by atomic mass is 9.76. The molecule has 1 heterocycles. The Morgan fingerprint density at radius 2 is 1.76 bits per heavy atom. The number of hydrogen-bond acceptors (Lipinski definition) is 2. The first-order valence-electron chi connectivity index (χ1n) is 6.44. The van der Waals surface area contributed by atoms with E-state index in [2.05, 4.69) is 44.2 Å². The van der Waals surface area contributed by atoms with Crippen molar-refractivity contribution in [2.24, 2.45) is 5.41 Å². The quantitative estimate of drug-likeness (QED) is 0.726. The molecule has 1 aromatic carbocycles. The molecule has 2 aliphatic rings. The van der Waals surface area contributed by atoms with Crippen LogP contribution < -0.4 is 0 Å². The second kappa shape index (κ2) is 4.15. The molecule has 2 nitrogen and oxygen atoms in total. The fourth-order valence-electron chi connectivity index (χ4n) is 2.55. The van der Waals surface area contributed by atoms with Crippen LogP contribution in [0.15, 0.2) is 30.3 Å². The van der Waals surface area contributed by atoms with Crippen molar-refractivity contribution in [3.8, 4) is 0 Å². The van der Waals surface area contributed by atoms with Gasteiger partial charge in [0.15, 0.2) is 0 Å². The van der Waals surface area contributed by atoms with E-state index in [1.807, 2.05) is 0 Å². The molecule has 1 aliphatic carbocycles. The van der Waals surface area contributed by atoms with E-state index in [0.29, 0.717) is 11.7 Å². The van der Waals surface area contributed by atoms with Crippen LogP contribution in [0.4, 0.5) is 0 Å². The Bertz CT molecular complexity index is 380. The molecular formula is C14H19BO2. The van der Waals surface area contributed by atoms with Crippen LogP contribution in [0.25, 0.3) is 0 Å². The molecule has 0 N–H and O–H groups in total. The maximum atomic E-state index is 5.85. The van der Waals surface area contributed by atoms with Gasteiger partial charge in [0.25, 0.3) is 0 Å². The Kier molecular flexibility index (Phi) is 2.76. The summed E-state index contributed by atoms with van der Waals surface area (Å²) >= 11 is 0. The molecule has 0 radical (unpaired) electrons. The molecule has 0 unspecified atom stereocenters.